The smallest absolute Gasteiger partial charge is 0.308 e. The Balaban J connectivity index is 1.92. The van der Waals surface area contributed by atoms with Crippen molar-refractivity contribution in [2.45, 2.75) is 46.1 Å². The summed E-state index contributed by atoms with van der Waals surface area (Å²) in [5.41, 5.74) is -0.0486. The van der Waals surface area contributed by atoms with Crippen LogP contribution < -0.4 is 0 Å². The SMILES string of the molecule is CC(C)(C)CC(=O)N1CCC(N2CC(C(=O)O)CC2=O)C1. The van der Waals surface area contributed by atoms with Gasteiger partial charge in [0.1, 0.15) is 0 Å². The maximum Gasteiger partial charge on any atom is 0.308 e. The Bertz CT molecular complexity index is 455. The van der Waals surface area contributed by atoms with Gasteiger partial charge in [-0.2, -0.15) is 0 Å². The topological polar surface area (TPSA) is 77.9 Å². The highest BCUT2D eigenvalue weighted by Gasteiger charge is 2.41. The van der Waals surface area contributed by atoms with Gasteiger partial charge in [0.05, 0.1) is 12.0 Å². The lowest BCUT2D eigenvalue weighted by Crippen LogP contribution is -2.40. The number of hydrogen-bond donors (Lipinski definition) is 1. The van der Waals surface area contributed by atoms with Gasteiger partial charge in [0.25, 0.3) is 0 Å². The summed E-state index contributed by atoms with van der Waals surface area (Å²) in [6.07, 6.45) is 1.32. The van der Waals surface area contributed by atoms with Crippen LogP contribution >= 0.6 is 0 Å². The van der Waals surface area contributed by atoms with Crippen LogP contribution in [0.3, 0.4) is 0 Å². The molecule has 6 heteroatoms. The number of amides is 2. The highest BCUT2D eigenvalue weighted by atomic mass is 16.4. The molecule has 0 aliphatic carbocycles. The lowest BCUT2D eigenvalue weighted by Gasteiger charge is -2.26. The first kappa shape index (κ1) is 15.8. The lowest BCUT2D eigenvalue weighted by atomic mass is 9.92. The van der Waals surface area contributed by atoms with Crippen molar-refractivity contribution in [1.29, 1.82) is 0 Å². The van der Waals surface area contributed by atoms with Crippen LogP contribution in [0, 0.1) is 11.3 Å². The minimum Gasteiger partial charge on any atom is -0.481 e. The molecule has 0 spiro atoms. The molecule has 2 unspecified atom stereocenters. The van der Waals surface area contributed by atoms with E-state index in [1.54, 1.807) is 9.80 Å². The second-order valence-electron chi connectivity index (χ2n) is 7.31. The number of nitrogens with zero attached hydrogens (tertiary/aromatic N) is 2. The summed E-state index contributed by atoms with van der Waals surface area (Å²) in [7, 11) is 0. The Labute approximate surface area is 125 Å². The van der Waals surface area contributed by atoms with Crippen molar-refractivity contribution in [3.63, 3.8) is 0 Å². The molecule has 2 aliphatic rings. The van der Waals surface area contributed by atoms with Crippen molar-refractivity contribution in [2.75, 3.05) is 19.6 Å². The first-order valence-electron chi connectivity index (χ1n) is 7.47. The Morgan fingerprint density at radius 3 is 2.48 bits per heavy atom. The monoisotopic (exact) mass is 296 g/mol. The molecule has 6 nitrogen and oxygen atoms in total. The van der Waals surface area contributed by atoms with Gasteiger partial charge in [0.2, 0.25) is 11.8 Å². The van der Waals surface area contributed by atoms with Gasteiger partial charge in [-0.1, -0.05) is 20.8 Å². The van der Waals surface area contributed by atoms with E-state index >= 15 is 0 Å². The van der Waals surface area contributed by atoms with Gasteiger partial charge in [0, 0.05) is 32.5 Å². The molecule has 2 amide bonds. The fraction of sp³-hybridized carbons (Fsp3) is 0.800. The van der Waals surface area contributed by atoms with Crippen LogP contribution in [-0.4, -0.2) is 58.4 Å². The largest absolute Gasteiger partial charge is 0.481 e. The van der Waals surface area contributed by atoms with Crippen LogP contribution in [0.5, 0.6) is 0 Å². The third kappa shape index (κ3) is 3.74. The van der Waals surface area contributed by atoms with E-state index in [0.717, 1.165) is 6.42 Å². The molecular weight excluding hydrogens is 272 g/mol. The maximum atomic E-state index is 12.2. The third-order valence-corrected chi connectivity index (χ3v) is 4.15. The van der Waals surface area contributed by atoms with E-state index in [-0.39, 0.29) is 36.2 Å². The van der Waals surface area contributed by atoms with Crippen molar-refractivity contribution in [3.05, 3.63) is 0 Å². The molecule has 0 aromatic heterocycles. The molecule has 0 saturated carbocycles. The van der Waals surface area contributed by atoms with E-state index in [1.165, 1.54) is 0 Å². The van der Waals surface area contributed by atoms with Crippen molar-refractivity contribution >= 4 is 17.8 Å². The van der Waals surface area contributed by atoms with E-state index in [0.29, 0.717) is 19.5 Å². The first-order valence-corrected chi connectivity index (χ1v) is 7.47. The number of carbonyl (C=O) groups is 3. The normalized spacial score (nSPS) is 26.5. The van der Waals surface area contributed by atoms with Crippen LogP contribution in [0.4, 0.5) is 0 Å². The standard InChI is InChI=1S/C15H24N2O4/c1-15(2,3)7-13(19)16-5-4-11(9-16)17-8-10(14(20)21)6-12(17)18/h10-11H,4-9H2,1-3H3,(H,20,21). The molecule has 2 heterocycles. The zero-order chi connectivity index (χ0) is 15.8. The molecule has 2 rings (SSSR count). The van der Waals surface area contributed by atoms with Crippen LogP contribution in [0.2, 0.25) is 0 Å². The van der Waals surface area contributed by atoms with Crippen LogP contribution in [0.1, 0.15) is 40.0 Å². The highest BCUT2D eigenvalue weighted by Crippen LogP contribution is 2.27. The molecule has 118 valence electrons. The van der Waals surface area contributed by atoms with Crippen molar-refractivity contribution < 1.29 is 19.5 Å². The number of carbonyl (C=O) groups excluding carboxylic acids is 2. The molecule has 0 aromatic carbocycles. The summed E-state index contributed by atoms with van der Waals surface area (Å²) in [5, 5.41) is 9.02. The van der Waals surface area contributed by atoms with Gasteiger partial charge < -0.3 is 14.9 Å². The predicted octanol–water partition coefficient (Wildman–Crippen LogP) is 0.957. The number of carboxylic acid groups (broad SMARTS) is 1. The second kappa shape index (κ2) is 5.66. The molecule has 0 aromatic rings. The van der Waals surface area contributed by atoms with Gasteiger partial charge in [-0.05, 0) is 11.8 Å². The zero-order valence-corrected chi connectivity index (χ0v) is 13.0. The molecule has 2 aliphatic heterocycles. The summed E-state index contributed by atoms with van der Waals surface area (Å²) in [6, 6.07) is -0.0224. The van der Waals surface area contributed by atoms with Gasteiger partial charge in [-0.3, -0.25) is 14.4 Å². The van der Waals surface area contributed by atoms with Gasteiger partial charge in [-0.15, -0.1) is 0 Å². The zero-order valence-electron chi connectivity index (χ0n) is 13.0. The average Bonchev–Trinajstić information content (AvgIpc) is 2.92. The molecule has 0 bridgehead atoms. The number of rotatable bonds is 3. The molecule has 2 atom stereocenters. The molecule has 21 heavy (non-hydrogen) atoms. The summed E-state index contributed by atoms with van der Waals surface area (Å²) >= 11 is 0. The minimum atomic E-state index is -0.912. The van der Waals surface area contributed by atoms with E-state index < -0.39 is 11.9 Å². The van der Waals surface area contributed by atoms with Gasteiger partial charge in [0.15, 0.2) is 0 Å². The summed E-state index contributed by atoms with van der Waals surface area (Å²) in [6.45, 7) is 7.55. The summed E-state index contributed by atoms with van der Waals surface area (Å²) < 4.78 is 0. The van der Waals surface area contributed by atoms with Gasteiger partial charge in [-0.25, -0.2) is 0 Å². The highest BCUT2D eigenvalue weighted by molar-refractivity contribution is 5.86. The number of hydrogen-bond acceptors (Lipinski definition) is 3. The fourth-order valence-electron chi connectivity index (χ4n) is 3.04. The predicted molar refractivity (Wildman–Crippen MR) is 76.5 cm³/mol. The lowest BCUT2D eigenvalue weighted by molar-refractivity contribution is -0.141. The minimum absolute atomic E-state index is 0.0224. The Hall–Kier alpha value is -1.59. The summed E-state index contributed by atoms with van der Waals surface area (Å²) in [4.78, 5) is 38.6. The van der Waals surface area contributed by atoms with Crippen LogP contribution in [-0.2, 0) is 14.4 Å². The van der Waals surface area contributed by atoms with E-state index in [9.17, 15) is 14.4 Å². The summed E-state index contributed by atoms with van der Waals surface area (Å²) in [5.74, 6) is -1.50. The molecular formula is C15H24N2O4. The Morgan fingerprint density at radius 1 is 1.29 bits per heavy atom. The molecule has 1 N–H and O–H groups in total. The van der Waals surface area contributed by atoms with Crippen molar-refractivity contribution in [2.24, 2.45) is 11.3 Å². The number of aliphatic carboxylic acids is 1. The van der Waals surface area contributed by atoms with E-state index in [2.05, 4.69) is 0 Å². The van der Waals surface area contributed by atoms with E-state index in [4.69, 9.17) is 5.11 Å². The fourth-order valence-corrected chi connectivity index (χ4v) is 3.04. The average molecular weight is 296 g/mol. The van der Waals surface area contributed by atoms with Gasteiger partial charge >= 0.3 is 5.97 Å². The number of carboxylic acids is 1. The second-order valence-corrected chi connectivity index (χ2v) is 7.31. The van der Waals surface area contributed by atoms with Crippen LogP contribution in [0.25, 0.3) is 0 Å². The van der Waals surface area contributed by atoms with E-state index in [1.807, 2.05) is 20.8 Å². The maximum absolute atomic E-state index is 12.2. The molecule has 2 fully saturated rings. The first-order chi connectivity index (χ1) is 9.67. The molecule has 2 saturated heterocycles. The van der Waals surface area contributed by atoms with Crippen LogP contribution in [0.15, 0.2) is 0 Å². The number of likely N-dealkylation sites (tertiary alicyclic amines) is 2. The Kier molecular flexibility index (Phi) is 4.25. The van der Waals surface area contributed by atoms with Crippen molar-refractivity contribution in [1.82, 2.24) is 9.80 Å². The Morgan fingerprint density at radius 2 is 1.95 bits per heavy atom. The third-order valence-electron chi connectivity index (χ3n) is 4.15. The van der Waals surface area contributed by atoms with Crippen molar-refractivity contribution in [3.8, 4) is 0 Å². The molecule has 0 radical (unpaired) electrons. The quantitative estimate of drug-likeness (QED) is 0.841.